The van der Waals surface area contributed by atoms with E-state index in [1.807, 2.05) is 0 Å². The highest BCUT2D eigenvalue weighted by Gasteiger charge is 2.46. The van der Waals surface area contributed by atoms with Gasteiger partial charge in [0.25, 0.3) is 0 Å². The molecule has 0 amide bonds. The minimum atomic E-state index is -3.58. The predicted octanol–water partition coefficient (Wildman–Crippen LogP) is 2.08. The summed E-state index contributed by atoms with van der Waals surface area (Å²) < 4.78 is 22.3. The van der Waals surface area contributed by atoms with E-state index in [1.165, 1.54) is 6.92 Å². The van der Waals surface area contributed by atoms with E-state index >= 15 is 0 Å². The maximum Gasteiger partial charge on any atom is 0.175 e. The van der Waals surface area contributed by atoms with Gasteiger partial charge in [-0.15, -0.1) is 0 Å². The van der Waals surface area contributed by atoms with Crippen molar-refractivity contribution in [3.8, 4) is 0 Å². The van der Waals surface area contributed by atoms with Gasteiger partial charge in [-0.1, -0.05) is 37.6 Å². The second kappa shape index (κ2) is 5.47. The number of benzene rings is 1. The topological polar surface area (TPSA) is 80.4 Å². The van der Waals surface area contributed by atoms with Crippen LogP contribution in [0.4, 0.5) is 5.69 Å². The van der Waals surface area contributed by atoms with Crippen molar-refractivity contribution >= 4 is 27.1 Å². The number of alkyl halides is 1. The van der Waals surface area contributed by atoms with Gasteiger partial charge in [0.15, 0.2) is 14.0 Å². The van der Waals surface area contributed by atoms with Crippen molar-refractivity contribution < 1.29 is 13.5 Å². The molecule has 0 fully saturated rings. The van der Waals surface area contributed by atoms with E-state index in [2.05, 4.69) is 0 Å². The first-order chi connectivity index (χ1) is 8.28. The highest BCUT2D eigenvalue weighted by Crippen LogP contribution is 2.40. The highest BCUT2D eigenvalue weighted by atomic mass is 35.5. The summed E-state index contributed by atoms with van der Waals surface area (Å²) in [7, 11) is -3.58. The number of hydrogen-bond donors (Lipinski definition) is 2. The number of hydrogen-bond acceptors (Lipinski definition) is 4. The van der Waals surface area contributed by atoms with E-state index in [0.29, 0.717) is 11.3 Å². The van der Waals surface area contributed by atoms with Gasteiger partial charge in [-0.25, -0.2) is 8.42 Å². The van der Waals surface area contributed by atoms with Gasteiger partial charge in [0.2, 0.25) is 0 Å². The van der Waals surface area contributed by atoms with Gasteiger partial charge in [-0.3, -0.25) is 0 Å². The second-order valence-corrected chi connectivity index (χ2v) is 7.55. The zero-order valence-corrected chi connectivity index (χ0v) is 12.0. The number of aliphatic hydroxyl groups excluding tert-OH is 1. The third-order valence-electron chi connectivity index (χ3n) is 3.04. The van der Waals surface area contributed by atoms with Crippen molar-refractivity contribution in [3.63, 3.8) is 0 Å². The lowest BCUT2D eigenvalue weighted by Crippen LogP contribution is -2.39. The van der Waals surface area contributed by atoms with Gasteiger partial charge in [0.1, 0.15) is 6.10 Å². The molecule has 0 saturated heterocycles. The Morgan fingerprint density at radius 2 is 1.83 bits per heavy atom. The lowest BCUT2D eigenvalue weighted by atomic mass is 10.0. The van der Waals surface area contributed by atoms with E-state index in [1.54, 1.807) is 31.2 Å². The molecule has 0 unspecified atom stereocenters. The Hall–Kier alpha value is -0.780. The lowest BCUT2D eigenvalue weighted by molar-refractivity contribution is 0.154. The van der Waals surface area contributed by atoms with Crippen LogP contribution in [0.15, 0.2) is 24.3 Å². The lowest BCUT2D eigenvalue weighted by Gasteiger charge is -2.30. The predicted molar refractivity (Wildman–Crippen MR) is 74.2 cm³/mol. The Morgan fingerprint density at radius 3 is 2.22 bits per heavy atom. The molecule has 0 aromatic heterocycles. The quantitative estimate of drug-likeness (QED) is 0.643. The Kier molecular flexibility index (Phi) is 4.64. The van der Waals surface area contributed by atoms with Crippen LogP contribution in [0, 0.1) is 0 Å². The van der Waals surface area contributed by atoms with E-state index in [4.69, 9.17) is 17.3 Å². The van der Waals surface area contributed by atoms with Gasteiger partial charge in [-0.05, 0) is 24.1 Å². The number of nitrogens with two attached hydrogens (primary N) is 1. The van der Waals surface area contributed by atoms with Crippen LogP contribution < -0.4 is 5.73 Å². The van der Waals surface area contributed by atoms with Crippen molar-refractivity contribution in [3.05, 3.63) is 29.8 Å². The number of halogens is 1. The number of sulfone groups is 1. The van der Waals surface area contributed by atoms with Crippen LogP contribution in [0.1, 0.15) is 31.9 Å². The summed E-state index contributed by atoms with van der Waals surface area (Å²) in [6.45, 7) is 3.15. The van der Waals surface area contributed by atoms with Crippen molar-refractivity contribution in [2.45, 2.75) is 30.6 Å². The zero-order valence-electron chi connectivity index (χ0n) is 10.4. The number of nitrogen functional groups attached to an aromatic ring is 1. The van der Waals surface area contributed by atoms with E-state index < -0.39 is 20.1 Å². The molecule has 1 rings (SSSR count). The first kappa shape index (κ1) is 15.3. The fraction of sp³-hybridized carbons (Fsp3) is 0.500. The molecule has 4 nitrogen and oxygen atoms in total. The number of rotatable bonds is 5. The van der Waals surface area contributed by atoms with E-state index in [-0.39, 0.29) is 12.2 Å². The summed E-state index contributed by atoms with van der Waals surface area (Å²) in [5.74, 6) is -0.115. The molecular weight excluding hydrogens is 274 g/mol. The third kappa shape index (κ3) is 2.63. The molecular formula is C12H18ClNO3S. The molecule has 0 spiro atoms. The summed E-state index contributed by atoms with van der Waals surface area (Å²) in [6, 6.07) is 6.37. The van der Waals surface area contributed by atoms with Crippen molar-refractivity contribution in [1.29, 1.82) is 0 Å². The molecule has 1 aromatic rings. The van der Waals surface area contributed by atoms with Crippen molar-refractivity contribution in [1.82, 2.24) is 0 Å². The van der Waals surface area contributed by atoms with E-state index in [0.717, 1.165) is 0 Å². The fourth-order valence-electron chi connectivity index (χ4n) is 1.75. The summed E-state index contributed by atoms with van der Waals surface area (Å²) >= 11 is 6.17. The zero-order chi connectivity index (χ0) is 14.0. The van der Waals surface area contributed by atoms with Crippen LogP contribution in [0.5, 0.6) is 0 Å². The molecule has 0 aliphatic heterocycles. The SMILES string of the molecule is CC[C@@](Cl)([C@@H](O)c1ccc(N)cc1)S(=O)(=O)CC. The van der Waals surface area contributed by atoms with Gasteiger partial charge in [0.05, 0.1) is 0 Å². The van der Waals surface area contributed by atoms with Gasteiger partial charge < -0.3 is 10.8 Å². The molecule has 0 radical (unpaired) electrons. The Labute approximate surface area is 113 Å². The molecule has 2 atom stereocenters. The van der Waals surface area contributed by atoms with Gasteiger partial charge in [-0.2, -0.15) is 0 Å². The summed E-state index contributed by atoms with van der Waals surface area (Å²) in [5.41, 5.74) is 6.53. The molecule has 6 heteroatoms. The first-order valence-corrected chi connectivity index (χ1v) is 7.76. The van der Waals surface area contributed by atoms with Crippen molar-refractivity contribution in [2.24, 2.45) is 0 Å². The normalized spacial score (nSPS) is 17.1. The summed E-state index contributed by atoms with van der Waals surface area (Å²) in [6.07, 6.45) is -1.16. The largest absolute Gasteiger partial charge is 0.399 e. The van der Waals surface area contributed by atoms with Crippen LogP contribution in [0.3, 0.4) is 0 Å². The monoisotopic (exact) mass is 291 g/mol. The minimum Gasteiger partial charge on any atom is -0.399 e. The van der Waals surface area contributed by atoms with E-state index in [9.17, 15) is 13.5 Å². The second-order valence-electron chi connectivity index (χ2n) is 4.11. The molecule has 0 bridgehead atoms. The minimum absolute atomic E-state index is 0.115. The van der Waals surface area contributed by atoms with Crippen molar-refractivity contribution in [2.75, 3.05) is 11.5 Å². The Morgan fingerprint density at radius 1 is 1.33 bits per heavy atom. The average Bonchev–Trinajstić information content (AvgIpc) is 2.37. The molecule has 1 aromatic carbocycles. The fourth-order valence-corrected chi connectivity index (χ4v) is 3.60. The molecule has 18 heavy (non-hydrogen) atoms. The summed E-state index contributed by atoms with van der Waals surface area (Å²) in [5, 5.41) is 10.2. The molecule has 102 valence electrons. The molecule has 0 saturated carbocycles. The smallest absolute Gasteiger partial charge is 0.175 e. The Bertz CT molecular complexity index is 501. The standard InChI is InChI=1S/C12H18ClNO3S/c1-3-12(13,18(16,17)4-2)11(15)9-5-7-10(14)8-6-9/h5-8,11,15H,3-4,14H2,1-2H3/t11-,12-/m0/s1. The third-order valence-corrected chi connectivity index (χ3v) is 6.52. The van der Waals surface area contributed by atoms with Crippen LogP contribution in [0.2, 0.25) is 0 Å². The van der Waals surface area contributed by atoms with Gasteiger partial charge >= 0.3 is 0 Å². The van der Waals surface area contributed by atoms with Crippen LogP contribution in [-0.4, -0.2) is 23.5 Å². The van der Waals surface area contributed by atoms with Crippen LogP contribution >= 0.6 is 11.6 Å². The average molecular weight is 292 g/mol. The first-order valence-electron chi connectivity index (χ1n) is 5.73. The molecule has 3 N–H and O–H groups in total. The van der Waals surface area contributed by atoms with Crippen LogP contribution in [-0.2, 0) is 9.84 Å². The maximum atomic E-state index is 12.0. The molecule has 0 aliphatic carbocycles. The number of aliphatic hydroxyl groups is 1. The maximum absolute atomic E-state index is 12.0. The highest BCUT2D eigenvalue weighted by molar-refractivity contribution is 7.94. The molecule has 0 aliphatic rings. The molecule has 0 heterocycles. The number of anilines is 1. The van der Waals surface area contributed by atoms with Gasteiger partial charge in [0, 0.05) is 11.4 Å². The van der Waals surface area contributed by atoms with Crippen LogP contribution in [0.25, 0.3) is 0 Å². The summed E-state index contributed by atoms with van der Waals surface area (Å²) in [4.78, 5) is 0. The Balaban J connectivity index is 3.21.